The lowest BCUT2D eigenvalue weighted by Gasteiger charge is -2.08. The van der Waals surface area contributed by atoms with Gasteiger partial charge in [-0.2, -0.15) is 0 Å². The zero-order valence-electron chi connectivity index (χ0n) is 16.3. The quantitative estimate of drug-likeness (QED) is 0.334. The molecule has 2 aromatic heterocycles. The minimum atomic E-state index is -0.353. The highest BCUT2D eigenvalue weighted by Crippen LogP contribution is 2.30. The van der Waals surface area contributed by atoms with Gasteiger partial charge in [-0.25, -0.2) is 4.98 Å². The highest BCUT2D eigenvalue weighted by atomic mass is 16.2. The molecule has 0 unspecified atom stereocenters. The first-order chi connectivity index (χ1) is 15.2. The van der Waals surface area contributed by atoms with Crippen molar-refractivity contribution in [3.63, 3.8) is 0 Å². The van der Waals surface area contributed by atoms with Gasteiger partial charge in [-0.05, 0) is 41.5 Å². The maximum atomic E-state index is 12.0. The molecule has 0 fully saturated rings. The molecule has 0 radical (unpaired) electrons. The van der Waals surface area contributed by atoms with E-state index in [-0.39, 0.29) is 11.8 Å². The van der Waals surface area contributed by atoms with E-state index in [1.54, 1.807) is 18.3 Å². The lowest BCUT2D eigenvalue weighted by Crippen LogP contribution is -2.19. The Kier molecular flexibility index (Phi) is 3.70. The number of fused-ring (bicyclic) bond motifs is 4. The minimum absolute atomic E-state index is 0.346. The number of amides is 2. The first-order valence-electron chi connectivity index (χ1n) is 9.92. The van der Waals surface area contributed by atoms with Gasteiger partial charge in [-0.15, -0.1) is 0 Å². The maximum absolute atomic E-state index is 12.0. The number of hydrogen-bond acceptors (Lipinski definition) is 4. The summed E-state index contributed by atoms with van der Waals surface area (Å²) in [7, 11) is 0. The number of aromatic nitrogens is 2. The fourth-order valence-corrected chi connectivity index (χ4v) is 4.09. The topological polar surface area (TPSA) is 72.0 Å². The summed E-state index contributed by atoms with van der Waals surface area (Å²) in [5.74, 6) is -0.699. The monoisotopic (exact) mass is 401 g/mol. The lowest BCUT2D eigenvalue weighted by atomic mass is 9.97. The summed E-state index contributed by atoms with van der Waals surface area (Å²) in [6.45, 7) is 0. The molecule has 1 aliphatic rings. The SMILES string of the molecule is O=C1NC(=O)c2cc(-c3cccc(-c4ccc5ccc6cccnc6c5n4)c3)ccc21. The fraction of sp³-hybridized carbons (Fsp3) is 0. The third-order valence-electron chi connectivity index (χ3n) is 5.66. The van der Waals surface area contributed by atoms with Crippen molar-refractivity contribution in [1.82, 2.24) is 15.3 Å². The van der Waals surface area contributed by atoms with Crippen LogP contribution in [0.3, 0.4) is 0 Å². The second-order valence-corrected chi connectivity index (χ2v) is 7.53. The Labute approximate surface area is 177 Å². The van der Waals surface area contributed by atoms with Gasteiger partial charge in [0.15, 0.2) is 0 Å². The molecule has 0 saturated carbocycles. The Morgan fingerprint density at radius 1 is 0.613 bits per heavy atom. The third-order valence-corrected chi connectivity index (χ3v) is 5.66. The smallest absolute Gasteiger partial charge is 0.258 e. The van der Waals surface area contributed by atoms with Crippen LogP contribution < -0.4 is 5.32 Å². The van der Waals surface area contributed by atoms with Crippen molar-refractivity contribution in [2.24, 2.45) is 0 Å². The molecule has 1 N–H and O–H groups in total. The van der Waals surface area contributed by atoms with E-state index >= 15 is 0 Å². The number of hydrogen-bond donors (Lipinski definition) is 1. The zero-order valence-corrected chi connectivity index (χ0v) is 16.3. The van der Waals surface area contributed by atoms with E-state index in [9.17, 15) is 9.59 Å². The highest BCUT2D eigenvalue weighted by Gasteiger charge is 2.26. The van der Waals surface area contributed by atoms with Gasteiger partial charge in [0, 0.05) is 22.5 Å². The van der Waals surface area contributed by atoms with E-state index in [1.165, 1.54) is 0 Å². The van der Waals surface area contributed by atoms with Crippen molar-refractivity contribution in [2.45, 2.75) is 0 Å². The molecule has 3 aromatic carbocycles. The Morgan fingerprint density at radius 2 is 1.35 bits per heavy atom. The van der Waals surface area contributed by atoms with Gasteiger partial charge >= 0.3 is 0 Å². The summed E-state index contributed by atoms with van der Waals surface area (Å²) in [6, 6.07) is 25.5. The molecule has 1 aliphatic heterocycles. The largest absolute Gasteiger partial charge is 0.288 e. The van der Waals surface area contributed by atoms with Gasteiger partial charge in [-0.1, -0.05) is 48.5 Å². The molecule has 0 aliphatic carbocycles. The number of carbonyl (C=O) groups excluding carboxylic acids is 2. The summed E-state index contributed by atoms with van der Waals surface area (Å²) in [6.07, 6.45) is 1.78. The minimum Gasteiger partial charge on any atom is -0.288 e. The molecule has 3 heterocycles. The van der Waals surface area contributed by atoms with E-state index in [0.29, 0.717) is 11.1 Å². The molecular weight excluding hydrogens is 386 g/mol. The van der Waals surface area contributed by atoms with Crippen molar-refractivity contribution in [3.8, 4) is 22.4 Å². The van der Waals surface area contributed by atoms with Crippen LogP contribution in [0.25, 0.3) is 44.2 Å². The average Bonchev–Trinajstić information content (AvgIpc) is 3.11. The molecule has 0 saturated heterocycles. The number of nitrogens with zero attached hydrogens (tertiary/aromatic N) is 2. The molecule has 6 rings (SSSR count). The first kappa shape index (κ1) is 17.5. The van der Waals surface area contributed by atoms with Crippen molar-refractivity contribution in [1.29, 1.82) is 0 Å². The van der Waals surface area contributed by atoms with Crippen LogP contribution in [0, 0.1) is 0 Å². The third kappa shape index (κ3) is 2.79. The van der Waals surface area contributed by atoms with Crippen molar-refractivity contribution in [3.05, 3.63) is 96.2 Å². The van der Waals surface area contributed by atoms with Crippen molar-refractivity contribution < 1.29 is 9.59 Å². The van der Waals surface area contributed by atoms with Crippen molar-refractivity contribution >= 4 is 33.6 Å². The van der Waals surface area contributed by atoms with Crippen LogP contribution in [0.4, 0.5) is 0 Å². The molecule has 5 nitrogen and oxygen atoms in total. The van der Waals surface area contributed by atoms with Crippen LogP contribution in [-0.2, 0) is 0 Å². The summed E-state index contributed by atoms with van der Waals surface area (Å²) < 4.78 is 0. The van der Waals surface area contributed by atoms with Crippen LogP contribution in [-0.4, -0.2) is 21.8 Å². The summed E-state index contributed by atoms with van der Waals surface area (Å²) in [5.41, 5.74) is 6.22. The van der Waals surface area contributed by atoms with E-state index in [1.807, 2.05) is 48.5 Å². The van der Waals surface area contributed by atoms with E-state index in [0.717, 1.165) is 44.2 Å². The van der Waals surface area contributed by atoms with E-state index in [2.05, 4.69) is 28.5 Å². The van der Waals surface area contributed by atoms with Crippen LogP contribution in [0.15, 0.2) is 85.1 Å². The van der Waals surface area contributed by atoms with E-state index < -0.39 is 0 Å². The molecule has 0 atom stereocenters. The van der Waals surface area contributed by atoms with Crippen LogP contribution in [0.1, 0.15) is 20.7 Å². The Bertz CT molecular complexity index is 1560. The maximum Gasteiger partial charge on any atom is 0.258 e. The van der Waals surface area contributed by atoms with Gasteiger partial charge in [0.1, 0.15) is 0 Å². The molecule has 2 amide bonds. The molecule has 146 valence electrons. The molecule has 5 aromatic rings. The number of imide groups is 1. The number of benzene rings is 3. The average molecular weight is 401 g/mol. The number of nitrogens with one attached hydrogen (secondary N) is 1. The van der Waals surface area contributed by atoms with Gasteiger partial charge in [0.2, 0.25) is 0 Å². The number of carbonyl (C=O) groups is 2. The Balaban J connectivity index is 1.47. The van der Waals surface area contributed by atoms with Crippen LogP contribution in [0.2, 0.25) is 0 Å². The van der Waals surface area contributed by atoms with Crippen molar-refractivity contribution in [2.75, 3.05) is 0 Å². The summed E-state index contributed by atoms with van der Waals surface area (Å²) >= 11 is 0. The van der Waals surface area contributed by atoms with Gasteiger partial charge < -0.3 is 0 Å². The van der Waals surface area contributed by atoms with E-state index in [4.69, 9.17) is 4.98 Å². The second kappa shape index (κ2) is 6.57. The lowest BCUT2D eigenvalue weighted by molar-refractivity contribution is 0.0879. The predicted octanol–water partition coefficient (Wildman–Crippen LogP) is 5.00. The number of rotatable bonds is 2. The first-order valence-corrected chi connectivity index (χ1v) is 9.92. The van der Waals surface area contributed by atoms with Crippen LogP contribution in [0.5, 0.6) is 0 Å². The second-order valence-electron chi connectivity index (χ2n) is 7.53. The normalized spacial score (nSPS) is 12.9. The molecule has 0 spiro atoms. The van der Waals surface area contributed by atoms with Gasteiger partial charge in [-0.3, -0.25) is 19.9 Å². The summed E-state index contributed by atoms with van der Waals surface area (Å²) in [5, 5.41) is 4.43. The van der Waals surface area contributed by atoms with Gasteiger partial charge in [0.05, 0.1) is 27.9 Å². The molecule has 5 heteroatoms. The standard InChI is InChI=1S/C26H15N3O2/c30-25-20-10-8-18(14-21(20)26(31)29-25)17-3-1-4-19(13-17)22-11-9-16-7-6-15-5-2-12-27-23(15)24(16)28-22/h1-14H,(H,29,30,31). The zero-order chi connectivity index (χ0) is 20.9. The fourth-order valence-electron chi connectivity index (χ4n) is 4.09. The summed E-state index contributed by atoms with van der Waals surface area (Å²) in [4.78, 5) is 33.3. The molecule has 31 heavy (non-hydrogen) atoms. The molecular formula is C26H15N3O2. The predicted molar refractivity (Wildman–Crippen MR) is 120 cm³/mol. The van der Waals surface area contributed by atoms with Crippen LogP contribution >= 0.6 is 0 Å². The Morgan fingerprint density at radius 3 is 2.26 bits per heavy atom. The van der Waals surface area contributed by atoms with Gasteiger partial charge in [0.25, 0.3) is 11.8 Å². The molecule has 0 bridgehead atoms. The highest BCUT2D eigenvalue weighted by molar-refractivity contribution is 6.21. The number of pyridine rings is 2. The Hall–Kier alpha value is -4.38.